The largest absolute Gasteiger partial charge is 0.464 e. The summed E-state index contributed by atoms with van der Waals surface area (Å²) in [5, 5.41) is 1.03. The number of carbonyl (C=O) groups is 2. The average molecular weight is 270 g/mol. The maximum absolute atomic E-state index is 11.9. The summed E-state index contributed by atoms with van der Waals surface area (Å²) in [6.07, 6.45) is 1.71. The lowest BCUT2D eigenvalue weighted by Crippen LogP contribution is -2.34. The minimum Gasteiger partial charge on any atom is -0.464 e. The lowest BCUT2D eigenvalue weighted by atomic mass is 10.0. The quantitative estimate of drug-likeness (QED) is 0.807. The number of hydrogen-bond acceptors (Lipinski definition) is 3. The van der Waals surface area contributed by atoms with Crippen LogP contribution in [0.25, 0.3) is 17.0 Å². The van der Waals surface area contributed by atoms with Crippen molar-refractivity contribution < 1.29 is 14.3 Å². The molecule has 0 bridgehead atoms. The maximum Gasteiger partial charge on any atom is 0.354 e. The summed E-state index contributed by atoms with van der Waals surface area (Å²) in [6, 6.07) is 7.84. The first-order valence-electron chi connectivity index (χ1n) is 6.29. The van der Waals surface area contributed by atoms with Crippen LogP contribution in [0.15, 0.2) is 30.0 Å². The first kappa shape index (κ1) is 12.5. The van der Waals surface area contributed by atoms with Crippen LogP contribution in [0.3, 0.4) is 0 Å². The summed E-state index contributed by atoms with van der Waals surface area (Å²) in [7, 11) is 1.31. The fourth-order valence-corrected chi connectivity index (χ4v) is 2.52. The molecule has 1 aliphatic heterocycles. The Morgan fingerprint density at radius 2 is 2.05 bits per heavy atom. The minimum atomic E-state index is -0.504. The molecule has 0 aliphatic carbocycles. The number of para-hydroxylation sites is 1. The summed E-state index contributed by atoms with van der Waals surface area (Å²) >= 11 is 0. The molecule has 0 fully saturated rings. The number of nitrogens with one attached hydrogen (secondary N) is 1. The molecule has 1 aromatic carbocycles. The van der Waals surface area contributed by atoms with Gasteiger partial charge < -0.3 is 14.6 Å². The molecule has 3 rings (SSSR count). The van der Waals surface area contributed by atoms with Gasteiger partial charge in [0.05, 0.1) is 13.7 Å². The predicted molar refractivity (Wildman–Crippen MR) is 74.5 cm³/mol. The number of nitrogens with zero attached hydrogens (tertiary/aromatic N) is 1. The van der Waals surface area contributed by atoms with Crippen LogP contribution in [0.2, 0.25) is 0 Å². The number of amides is 1. The van der Waals surface area contributed by atoms with E-state index in [1.54, 1.807) is 6.08 Å². The second kappa shape index (κ2) is 4.52. The molecule has 1 aromatic heterocycles. The number of carbonyl (C=O) groups excluding carboxylic acids is 2. The normalized spacial score (nSPS) is 13.9. The molecule has 1 aliphatic rings. The zero-order valence-electron chi connectivity index (χ0n) is 11.3. The van der Waals surface area contributed by atoms with Gasteiger partial charge in [0.15, 0.2) is 0 Å². The van der Waals surface area contributed by atoms with Crippen molar-refractivity contribution in [3.05, 3.63) is 41.2 Å². The third kappa shape index (κ3) is 1.79. The molecular formula is C15H14N2O3. The molecule has 0 spiro atoms. The van der Waals surface area contributed by atoms with Crippen molar-refractivity contribution in [3.8, 4) is 0 Å². The lowest BCUT2D eigenvalue weighted by molar-refractivity contribution is -0.141. The Morgan fingerprint density at radius 3 is 2.75 bits per heavy atom. The number of hydrogen-bond donors (Lipinski definition) is 1. The van der Waals surface area contributed by atoms with E-state index in [0.29, 0.717) is 6.54 Å². The highest BCUT2D eigenvalue weighted by Gasteiger charge is 2.28. The van der Waals surface area contributed by atoms with Crippen LogP contribution >= 0.6 is 0 Å². The van der Waals surface area contributed by atoms with Gasteiger partial charge in [-0.05, 0) is 12.1 Å². The van der Waals surface area contributed by atoms with Gasteiger partial charge in [0.25, 0.3) is 0 Å². The summed E-state index contributed by atoms with van der Waals surface area (Å²) in [5.41, 5.74) is 3.13. The van der Waals surface area contributed by atoms with Crippen LogP contribution < -0.4 is 0 Å². The maximum atomic E-state index is 11.9. The minimum absolute atomic E-state index is 0.189. The predicted octanol–water partition coefficient (Wildman–Crippen LogP) is 2.04. The Balaban J connectivity index is 2.21. The molecule has 5 nitrogen and oxygen atoms in total. The fourth-order valence-electron chi connectivity index (χ4n) is 2.52. The molecule has 2 aromatic rings. The van der Waals surface area contributed by atoms with Crippen LogP contribution in [0.5, 0.6) is 0 Å². The summed E-state index contributed by atoms with van der Waals surface area (Å²) in [5.74, 6) is -0.693. The second-order valence-electron chi connectivity index (χ2n) is 4.69. The molecule has 1 N–H and O–H groups in total. The smallest absolute Gasteiger partial charge is 0.354 e. The Morgan fingerprint density at radius 1 is 1.30 bits per heavy atom. The van der Waals surface area contributed by atoms with Crippen LogP contribution in [0.1, 0.15) is 18.2 Å². The van der Waals surface area contributed by atoms with Gasteiger partial charge >= 0.3 is 5.97 Å². The van der Waals surface area contributed by atoms with Gasteiger partial charge in [0, 0.05) is 29.1 Å². The van der Waals surface area contributed by atoms with E-state index >= 15 is 0 Å². The van der Waals surface area contributed by atoms with Crippen molar-refractivity contribution in [1.29, 1.82) is 0 Å². The molecule has 0 radical (unpaired) electrons. The Hall–Kier alpha value is -2.56. The monoisotopic (exact) mass is 270 g/mol. The van der Waals surface area contributed by atoms with Gasteiger partial charge in [-0.1, -0.05) is 18.2 Å². The average Bonchev–Trinajstić information content (AvgIpc) is 2.82. The molecule has 20 heavy (non-hydrogen) atoms. The molecule has 0 unspecified atom stereocenters. The van der Waals surface area contributed by atoms with Gasteiger partial charge in [-0.25, -0.2) is 4.79 Å². The second-order valence-corrected chi connectivity index (χ2v) is 4.69. The van der Waals surface area contributed by atoms with E-state index in [9.17, 15) is 9.59 Å². The molecule has 5 heteroatoms. The molecule has 0 saturated heterocycles. The van der Waals surface area contributed by atoms with E-state index in [-0.39, 0.29) is 11.6 Å². The number of H-pyrrole nitrogens is 1. The SMILES string of the molecule is COC(=O)C1=Cc2c([nH]c3ccccc23)CN1C(C)=O. The van der Waals surface area contributed by atoms with Crippen LogP contribution in [-0.2, 0) is 20.9 Å². The third-order valence-corrected chi connectivity index (χ3v) is 3.49. The molecule has 102 valence electrons. The van der Waals surface area contributed by atoms with E-state index in [4.69, 9.17) is 4.74 Å². The lowest BCUT2D eigenvalue weighted by Gasteiger charge is -2.25. The number of aromatic amines is 1. The van der Waals surface area contributed by atoms with E-state index in [1.807, 2.05) is 24.3 Å². The van der Waals surface area contributed by atoms with Crippen LogP contribution in [-0.4, -0.2) is 28.9 Å². The number of fused-ring (bicyclic) bond motifs is 3. The molecule has 1 amide bonds. The standard InChI is InChI=1S/C15H14N2O3/c1-9(18)17-8-13-11(7-14(17)15(19)20-2)10-5-3-4-6-12(10)16-13/h3-7,16H,8H2,1-2H3. The molecule has 0 saturated carbocycles. The summed E-state index contributed by atoms with van der Waals surface area (Å²) in [4.78, 5) is 28.3. The van der Waals surface area contributed by atoms with Gasteiger partial charge in [0.1, 0.15) is 5.70 Å². The number of aromatic nitrogens is 1. The van der Waals surface area contributed by atoms with Crippen molar-refractivity contribution in [1.82, 2.24) is 9.88 Å². The zero-order chi connectivity index (χ0) is 14.3. The van der Waals surface area contributed by atoms with Gasteiger partial charge in [-0.15, -0.1) is 0 Å². The summed E-state index contributed by atoms with van der Waals surface area (Å²) in [6.45, 7) is 1.78. The highest BCUT2D eigenvalue weighted by Crippen LogP contribution is 2.31. The van der Waals surface area contributed by atoms with E-state index in [2.05, 4.69) is 4.98 Å². The molecular weight excluding hydrogens is 256 g/mol. The highest BCUT2D eigenvalue weighted by atomic mass is 16.5. The number of methoxy groups -OCH3 is 1. The Bertz CT molecular complexity index is 743. The van der Waals surface area contributed by atoms with Gasteiger partial charge in [-0.3, -0.25) is 4.79 Å². The highest BCUT2D eigenvalue weighted by molar-refractivity contribution is 6.02. The number of esters is 1. The fraction of sp³-hybridized carbons (Fsp3) is 0.200. The topological polar surface area (TPSA) is 62.4 Å². The first-order valence-corrected chi connectivity index (χ1v) is 6.29. The van der Waals surface area contributed by atoms with Crippen molar-refractivity contribution in [2.45, 2.75) is 13.5 Å². The van der Waals surface area contributed by atoms with Crippen LogP contribution in [0.4, 0.5) is 0 Å². The van der Waals surface area contributed by atoms with E-state index < -0.39 is 5.97 Å². The van der Waals surface area contributed by atoms with Crippen molar-refractivity contribution in [3.63, 3.8) is 0 Å². The molecule has 2 heterocycles. The Labute approximate surface area is 115 Å². The van der Waals surface area contributed by atoms with E-state index in [1.165, 1.54) is 18.9 Å². The van der Waals surface area contributed by atoms with Crippen LogP contribution in [0, 0.1) is 0 Å². The number of ether oxygens (including phenoxy) is 1. The number of rotatable bonds is 1. The zero-order valence-corrected chi connectivity index (χ0v) is 11.3. The number of benzene rings is 1. The van der Waals surface area contributed by atoms with Gasteiger partial charge in [-0.2, -0.15) is 0 Å². The summed E-state index contributed by atoms with van der Waals surface area (Å²) < 4.78 is 4.76. The third-order valence-electron chi connectivity index (χ3n) is 3.49. The van der Waals surface area contributed by atoms with Crippen molar-refractivity contribution in [2.24, 2.45) is 0 Å². The molecule has 0 atom stereocenters. The first-order chi connectivity index (χ1) is 9.61. The van der Waals surface area contributed by atoms with Gasteiger partial charge in [0.2, 0.25) is 5.91 Å². The van der Waals surface area contributed by atoms with Crippen molar-refractivity contribution in [2.75, 3.05) is 7.11 Å². The van der Waals surface area contributed by atoms with Crippen molar-refractivity contribution >= 4 is 28.9 Å². The van der Waals surface area contributed by atoms with E-state index in [0.717, 1.165) is 22.2 Å². The Kier molecular flexibility index (Phi) is 2.82.